The first kappa shape index (κ1) is 19.8. The molecule has 4 aliphatic carbocycles. The molecule has 4 aliphatic rings. The predicted octanol–water partition coefficient (Wildman–Crippen LogP) is 3.38. The van der Waals surface area contributed by atoms with Crippen molar-refractivity contribution in [3.63, 3.8) is 0 Å². The molecule has 3 fully saturated rings. The van der Waals surface area contributed by atoms with E-state index in [0.717, 1.165) is 38.5 Å². The van der Waals surface area contributed by atoms with Crippen LogP contribution in [0.25, 0.3) is 0 Å². The molecular formula is C23H32O5. The number of esters is 1. The number of allylic oxidation sites excluding steroid dienone is 1. The van der Waals surface area contributed by atoms with E-state index in [1.54, 1.807) is 0 Å². The molecule has 5 heteroatoms. The molecule has 0 amide bonds. The number of aliphatic hydroxyl groups is 1. The molecule has 4 rings (SSSR count). The Bertz CT molecular complexity index is 754. The van der Waals surface area contributed by atoms with Crippen LogP contribution in [-0.2, 0) is 19.1 Å². The molecule has 6 atom stereocenters. The summed E-state index contributed by atoms with van der Waals surface area (Å²) >= 11 is 0. The predicted molar refractivity (Wildman–Crippen MR) is 103 cm³/mol. The van der Waals surface area contributed by atoms with Gasteiger partial charge < -0.3 is 9.84 Å². The molecule has 154 valence electrons. The van der Waals surface area contributed by atoms with Crippen LogP contribution < -0.4 is 0 Å². The molecule has 28 heavy (non-hydrogen) atoms. The Balaban J connectivity index is 1.60. The summed E-state index contributed by atoms with van der Waals surface area (Å²) < 4.78 is 4.92. The molecule has 0 spiro atoms. The molecule has 0 radical (unpaired) electrons. The third kappa shape index (κ3) is 2.65. The van der Waals surface area contributed by atoms with Crippen LogP contribution in [0, 0.1) is 28.6 Å². The SMILES string of the molecule is CC(=O)OCC(=O)[C@@]1(O)CC[C@H]2[C@H]3CCC4=CC(=O)CC[C@]4(C)[C@@H]3CC[C@@]21C. The highest BCUT2D eigenvalue weighted by Crippen LogP contribution is 2.67. The Labute approximate surface area is 166 Å². The van der Waals surface area contributed by atoms with E-state index in [-0.39, 0.29) is 23.6 Å². The zero-order valence-electron chi connectivity index (χ0n) is 17.3. The van der Waals surface area contributed by atoms with Gasteiger partial charge in [0.05, 0.1) is 0 Å². The number of ketones is 2. The van der Waals surface area contributed by atoms with Gasteiger partial charge in [-0.3, -0.25) is 14.4 Å². The van der Waals surface area contributed by atoms with Crippen LogP contribution in [0.5, 0.6) is 0 Å². The van der Waals surface area contributed by atoms with Gasteiger partial charge in [0.2, 0.25) is 5.78 Å². The van der Waals surface area contributed by atoms with E-state index >= 15 is 0 Å². The monoisotopic (exact) mass is 388 g/mol. The molecule has 0 aromatic carbocycles. The lowest BCUT2D eigenvalue weighted by Gasteiger charge is -2.58. The Hall–Kier alpha value is -1.49. The first-order chi connectivity index (χ1) is 13.1. The molecule has 0 aliphatic heterocycles. The second-order valence-corrected chi connectivity index (χ2v) is 10.0. The highest BCUT2D eigenvalue weighted by atomic mass is 16.5. The number of rotatable bonds is 3. The molecule has 1 N–H and O–H groups in total. The number of hydrogen-bond acceptors (Lipinski definition) is 5. The van der Waals surface area contributed by atoms with E-state index in [9.17, 15) is 19.5 Å². The van der Waals surface area contributed by atoms with Crippen molar-refractivity contribution in [2.75, 3.05) is 6.61 Å². The van der Waals surface area contributed by atoms with Crippen molar-refractivity contribution in [1.29, 1.82) is 0 Å². The Morgan fingerprint density at radius 3 is 2.54 bits per heavy atom. The van der Waals surface area contributed by atoms with Crippen molar-refractivity contribution in [3.05, 3.63) is 11.6 Å². The topological polar surface area (TPSA) is 80.7 Å². The van der Waals surface area contributed by atoms with Gasteiger partial charge in [-0.15, -0.1) is 0 Å². The molecular weight excluding hydrogens is 356 g/mol. The Kier molecular flexibility index (Phi) is 4.61. The summed E-state index contributed by atoms with van der Waals surface area (Å²) in [6.07, 6.45) is 8.53. The summed E-state index contributed by atoms with van der Waals surface area (Å²) in [6.45, 7) is 5.35. The van der Waals surface area contributed by atoms with Gasteiger partial charge in [0.25, 0.3) is 0 Å². The lowest BCUT2D eigenvalue weighted by Crippen LogP contribution is -2.58. The van der Waals surface area contributed by atoms with E-state index < -0.39 is 17.0 Å². The highest BCUT2D eigenvalue weighted by Gasteiger charge is 2.66. The van der Waals surface area contributed by atoms with E-state index in [1.807, 2.05) is 6.08 Å². The number of Topliss-reactive ketones (excluding diaryl/α,β-unsaturated/α-hetero) is 1. The first-order valence-electron chi connectivity index (χ1n) is 10.7. The number of ether oxygens (including phenoxy) is 1. The molecule has 3 saturated carbocycles. The molecule has 0 aromatic rings. The zero-order valence-corrected chi connectivity index (χ0v) is 17.3. The maximum atomic E-state index is 12.8. The van der Waals surface area contributed by atoms with Crippen molar-refractivity contribution < 1.29 is 24.2 Å². The lowest BCUT2D eigenvalue weighted by atomic mass is 9.46. The Morgan fingerprint density at radius 2 is 1.82 bits per heavy atom. The minimum atomic E-state index is -1.41. The fourth-order valence-electron chi connectivity index (χ4n) is 7.32. The first-order valence-corrected chi connectivity index (χ1v) is 10.7. The van der Waals surface area contributed by atoms with Crippen LogP contribution >= 0.6 is 0 Å². The summed E-state index contributed by atoms with van der Waals surface area (Å²) in [6, 6.07) is 0. The van der Waals surface area contributed by atoms with Crippen molar-refractivity contribution in [1.82, 2.24) is 0 Å². The summed E-state index contributed by atoms with van der Waals surface area (Å²) in [5.74, 6) is 0.712. The van der Waals surface area contributed by atoms with Gasteiger partial charge in [0, 0.05) is 18.8 Å². The number of carbonyl (C=O) groups excluding carboxylic acids is 3. The van der Waals surface area contributed by atoms with Crippen LogP contribution in [0.2, 0.25) is 0 Å². The fraction of sp³-hybridized carbons (Fsp3) is 0.783. The van der Waals surface area contributed by atoms with Gasteiger partial charge in [0.15, 0.2) is 12.4 Å². The van der Waals surface area contributed by atoms with E-state index in [4.69, 9.17) is 4.74 Å². The molecule has 0 saturated heterocycles. The minimum Gasteiger partial charge on any atom is -0.458 e. The molecule has 0 aromatic heterocycles. The van der Waals surface area contributed by atoms with E-state index in [2.05, 4.69) is 13.8 Å². The maximum absolute atomic E-state index is 12.8. The average Bonchev–Trinajstić information content (AvgIpc) is 2.92. The second-order valence-electron chi connectivity index (χ2n) is 10.0. The normalized spacial score (nSPS) is 44.8. The third-order valence-electron chi connectivity index (χ3n) is 8.98. The quantitative estimate of drug-likeness (QED) is 0.750. The van der Waals surface area contributed by atoms with Gasteiger partial charge in [-0.2, -0.15) is 0 Å². The standard InChI is InChI=1S/C23H32O5/c1-14(24)28-13-20(26)23(27)11-8-19-17-5-4-15-12-16(25)6-9-21(15,2)18(17)7-10-22(19,23)3/h12,17-19,27H,4-11,13H2,1-3H3/t17-,18+,19-,21-,22-,23-/m0/s1. The summed E-state index contributed by atoms with van der Waals surface area (Å²) in [4.78, 5) is 35.9. The summed E-state index contributed by atoms with van der Waals surface area (Å²) in [5.41, 5.74) is -0.459. The van der Waals surface area contributed by atoms with Crippen LogP contribution in [0.3, 0.4) is 0 Å². The van der Waals surface area contributed by atoms with Gasteiger partial charge in [-0.05, 0) is 74.2 Å². The van der Waals surface area contributed by atoms with E-state index in [1.165, 1.54) is 12.5 Å². The zero-order chi connectivity index (χ0) is 20.3. The third-order valence-corrected chi connectivity index (χ3v) is 8.98. The van der Waals surface area contributed by atoms with Gasteiger partial charge in [-0.25, -0.2) is 0 Å². The number of hydrogen-bond donors (Lipinski definition) is 1. The van der Waals surface area contributed by atoms with Crippen LogP contribution in [0.1, 0.15) is 72.1 Å². The lowest BCUT2D eigenvalue weighted by molar-refractivity contribution is -0.169. The van der Waals surface area contributed by atoms with Crippen molar-refractivity contribution in [2.45, 2.75) is 77.7 Å². The maximum Gasteiger partial charge on any atom is 0.303 e. The average molecular weight is 389 g/mol. The van der Waals surface area contributed by atoms with Crippen molar-refractivity contribution in [3.8, 4) is 0 Å². The van der Waals surface area contributed by atoms with Gasteiger partial charge >= 0.3 is 5.97 Å². The molecule has 0 unspecified atom stereocenters. The number of fused-ring (bicyclic) bond motifs is 5. The van der Waals surface area contributed by atoms with Crippen LogP contribution in [0.4, 0.5) is 0 Å². The summed E-state index contributed by atoms with van der Waals surface area (Å²) in [5, 5.41) is 11.5. The summed E-state index contributed by atoms with van der Waals surface area (Å²) in [7, 11) is 0. The fourth-order valence-corrected chi connectivity index (χ4v) is 7.32. The highest BCUT2D eigenvalue weighted by molar-refractivity contribution is 5.92. The van der Waals surface area contributed by atoms with Gasteiger partial charge in [-0.1, -0.05) is 19.4 Å². The smallest absolute Gasteiger partial charge is 0.303 e. The molecule has 0 bridgehead atoms. The van der Waals surface area contributed by atoms with Crippen LogP contribution in [-0.4, -0.2) is 34.9 Å². The largest absolute Gasteiger partial charge is 0.458 e. The van der Waals surface area contributed by atoms with Crippen molar-refractivity contribution >= 4 is 17.5 Å². The van der Waals surface area contributed by atoms with Crippen LogP contribution in [0.15, 0.2) is 11.6 Å². The molecule has 5 nitrogen and oxygen atoms in total. The molecule has 0 heterocycles. The minimum absolute atomic E-state index is 0.0839. The number of carbonyl (C=O) groups is 3. The Morgan fingerprint density at radius 1 is 1.11 bits per heavy atom. The van der Waals surface area contributed by atoms with Gasteiger partial charge in [0.1, 0.15) is 5.60 Å². The van der Waals surface area contributed by atoms with E-state index in [0.29, 0.717) is 30.6 Å². The second kappa shape index (κ2) is 6.51. The van der Waals surface area contributed by atoms with Crippen molar-refractivity contribution in [2.24, 2.45) is 28.6 Å².